The molecule has 1 N–H and O–H groups in total. The van der Waals surface area contributed by atoms with Crippen molar-refractivity contribution in [3.63, 3.8) is 0 Å². The van der Waals surface area contributed by atoms with Crippen LogP contribution in [-0.2, 0) is 11.3 Å². The van der Waals surface area contributed by atoms with E-state index in [2.05, 4.69) is 21.7 Å². The van der Waals surface area contributed by atoms with Crippen molar-refractivity contribution in [2.45, 2.75) is 19.1 Å². The van der Waals surface area contributed by atoms with Crippen LogP contribution in [0, 0.1) is 5.41 Å². The van der Waals surface area contributed by atoms with E-state index in [-0.39, 0.29) is 5.91 Å². The molecule has 1 amide bonds. The summed E-state index contributed by atoms with van der Waals surface area (Å²) in [6, 6.07) is 4.14. The maximum atomic E-state index is 12.3. The molecule has 0 saturated carbocycles. The number of rotatable bonds is 3. The molecule has 0 aromatic carbocycles. The summed E-state index contributed by atoms with van der Waals surface area (Å²) in [5.74, 6) is -2.55. The van der Waals surface area contributed by atoms with E-state index >= 15 is 0 Å². The fraction of sp³-hybridized carbons (Fsp3) is 0.444. The first-order chi connectivity index (χ1) is 13.2. The van der Waals surface area contributed by atoms with Crippen LogP contribution in [0.1, 0.15) is 22.3 Å². The molecule has 2 fully saturated rings. The minimum absolute atomic E-state index is 0.207. The number of hydrogen-bond donors (Lipinski definition) is 1. The van der Waals surface area contributed by atoms with Crippen molar-refractivity contribution in [1.82, 2.24) is 9.80 Å². The van der Waals surface area contributed by atoms with Crippen molar-refractivity contribution in [2.75, 3.05) is 26.2 Å². The highest BCUT2D eigenvalue weighted by Gasteiger charge is 2.49. The summed E-state index contributed by atoms with van der Waals surface area (Å²) in [5.41, 5.74) is 2.63. The number of halogens is 3. The Morgan fingerprint density at radius 2 is 1.75 bits per heavy atom. The second kappa shape index (κ2) is 8.22. The first-order valence-corrected chi connectivity index (χ1v) is 10.4. The molecule has 2 aromatic heterocycles. The van der Waals surface area contributed by atoms with E-state index in [4.69, 9.17) is 9.90 Å². The highest BCUT2D eigenvalue weighted by Crippen LogP contribution is 2.40. The van der Waals surface area contributed by atoms with Crippen LogP contribution in [-0.4, -0.2) is 59.1 Å². The van der Waals surface area contributed by atoms with Gasteiger partial charge < -0.3 is 10.0 Å². The number of amides is 1. The van der Waals surface area contributed by atoms with Crippen molar-refractivity contribution in [2.24, 2.45) is 5.41 Å². The summed E-state index contributed by atoms with van der Waals surface area (Å²) in [4.78, 5) is 25.7. The van der Waals surface area contributed by atoms with E-state index in [1.807, 2.05) is 21.7 Å². The first-order valence-electron chi connectivity index (χ1n) is 8.54. The quantitative estimate of drug-likeness (QED) is 0.802. The number of carboxylic acid groups (broad SMARTS) is 1. The van der Waals surface area contributed by atoms with Gasteiger partial charge in [0.1, 0.15) is 0 Å². The Balaban J connectivity index is 0.000000279. The maximum Gasteiger partial charge on any atom is 0.490 e. The summed E-state index contributed by atoms with van der Waals surface area (Å²) < 4.78 is 31.7. The lowest BCUT2D eigenvalue weighted by Crippen LogP contribution is -2.59. The highest BCUT2D eigenvalue weighted by atomic mass is 32.1. The third-order valence-electron chi connectivity index (χ3n) is 4.85. The van der Waals surface area contributed by atoms with Crippen LogP contribution in [0.5, 0.6) is 0 Å². The molecular weight excluding hydrogens is 413 g/mol. The lowest BCUT2D eigenvalue weighted by atomic mass is 9.79. The van der Waals surface area contributed by atoms with Crippen LogP contribution in [0.4, 0.5) is 13.2 Å². The van der Waals surface area contributed by atoms with Crippen LogP contribution in [0.2, 0.25) is 0 Å². The lowest BCUT2D eigenvalue weighted by Gasteiger charge is -2.48. The zero-order valence-corrected chi connectivity index (χ0v) is 16.4. The van der Waals surface area contributed by atoms with Crippen molar-refractivity contribution in [3.05, 3.63) is 44.8 Å². The van der Waals surface area contributed by atoms with Crippen molar-refractivity contribution < 1.29 is 27.9 Å². The second-order valence-corrected chi connectivity index (χ2v) is 8.63. The summed E-state index contributed by atoms with van der Waals surface area (Å²) in [6.45, 7) is 5.22. The van der Waals surface area contributed by atoms with Gasteiger partial charge in [-0.3, -0.25) is 9.69 Å². The number of aliphatic carboxylic acids is 1. The number of carboxylic acids is 1. The average molecular weight is 432 g/mol. The standard InChI is InChI=1S/C16H18N2OS2.C2HF3O2/c19-15(14-2-6-21-9-14)18-11-16(12-18)3-4-17(10-16)7-13-1-5-20-8-13;3-2(4,5)1(6)7/h1-2,5-6,8-9H,3-4,7,10-12H2;(H,6,7). The molecule has 1 spiro atoms. The number of likely N-dealkylation sites (tertiary alicyclic amines) is 2. The summed E-state index contributed by atoms with van der Waals surface area (Å²) in [5, 5.41) is 15.4. The van der Waals surface area contributed by atoms with Gasteiger partial charge in [0.05, 0.1) is 5.56 Å². The summed E-state index contributed by atoms with van der Waals surface area (Å²) in [7, 11) is 0. The Morgan fingerprint density at radius 3 is 2.29 bits per heavy atom. The van der Waals surface area contributed by atoms with Gasteiger partial charge in [0.25, 0.3) is 5.91 Å². The zero-order valence-electron chi connectivity index (χ0n) is 14.8. The van der Waals surface area contributed by atoms with E-state index in [9.17, 15) is 18.0 Å². The Morgan fingerprint density at radius 1 is 1.11 bits per heavy atom. The lowest BCUT2D eigenvalue weighted by molar-refractivity contribution is -0.192. The fourth-order valence-electron chi connectivity index (χ4n) is 3.54. The Labute approximate surface area is 168 Å². The Hall–Kier alpha value is -1.91. The van der Waals surface area contributed by atoms with Gasteiger partial charge >= 0.3 is 12.1 Å². The molecule has 2 aromatic rings. The SMILES string of the molecule is O=C(O)C(F)(F)F.O=C(c1ccsc1)N1CC2(CCN(Cc3ccsc3)C2)C1. The largest absolute Gasteiger partial charge is 0.490 e. The molecule has 0 bridgehead atoms. The zero-order chi connectivity index (χ0) is 20.4. The molecule has 5 nitrogen and oxygen atoms in total. The van der Waals surface area contributed by atoms with E-state index in [0.717, 1.165) is 38.3 Å². The number of carbonyl (C=O) groups excluding carboxylic acids is 1. The number of thiophene rings is 2. The third kappa shape index (κ3) is 4.92. The fourth-order valence-corrected chi connectivity index (χ4v) is 4.83. The van der Waals surface area contributed by atoms with E-state index in [1.165, 1.54) is 12.0 Å². The topological polar surface area (TPSA) is 60.9 Å². The molecule has 10 heteroatoms. The second-order valence-electron chi connectivity index (χ2n) is 7.07. The van der Waals surface area contributed by atoms with Gasteiger partial charge in [-0.1, -0.05) is 0 Å². The van der Waals surface area contributed by atoms with E-state index < -0.39 is 12.1 Å². The van der Waals surface area contributed by atoms with E-state index in [0.29, 0.717) is 5.41 Å². The first kappa shape index (κ1) is 20.8. The molecule has 2 aliphatic heterocycles. The molecule has 152 valence electrons. The smallest absolute Gasteiger partial charge is 0.475 e. The van der Waals surface area contributed by atoms with Gasteiger partial charge in [0.15, 0.2) is 0 Å². The van der Waals surface area contributed by atoms with E-state index in [1.54, 1.807) is 22.7 Å². The third-order valence-corrected chi connectivity index (χ3v) is 6.27. The molecule has 4 heterocycles. The van der Waals surface area contributed by atoms with Gasteiger partial charge in [0, 0.05) is 37.0 Å². The van der Waals surface area contributed by atoms with Gasteiger partial charge in [-0.15, -0.1) is 0 Å². The van der Waals surface area contributed by atoms with Crippen LogP contribution in [0.25, 0.3) is 0 Å². The molecule has 0 unspecified atom stereocenters. The van der Waals surface area contributed by atoms with Crippen LogP contribution >= 0.6 is 22.7 Å². The molecular formula is C18H19F3N2O3S2. The monoisotopic (exact) mass is 432 g/mol. The van der Waals surface area contributed by atoms with Crippen molar-refractivity contribution >= 4 is 34.6 Å². The normalized spacial score (nSPS) is 18.5. The predicted octanol–water partition coefficient (Wildman–Crippen LogP) is 3.79. The number of carbonyl (C=O) groups is 2. The molecule has 2 aliphatic rings. The molecule has 0 atom stereocenters. The highest BCUT2D eigenvalue weighted by molar-refractivity contribution is 7.08. The molecule has 28 heavy (non-hydrogen) atoms. The maximum absolute atomic E-state index is 12.3. The molecule has 4 rings (SSSR count). The Bertz CT molecular complexity index is 801. The number of nitrogens with zero attached hydrogens (tertiary/aromatic N) is 2. The predicted molar refractivity (Wildman–Crippen MR) is 101 cm³/mol. The molecule has 0 aliphatic carbocycles. The number of alkyl halides is 3. The van der Waals surface area contributed by atoms with Gasteiger partial charge in [0.2, 0.25) is 0 Å². The van der Waals surface area contributed by atoms with Crippen molar-refractivity contribution in [3.8, 4) is 0 Å². The molecule has 2 saturated heterocycles. The average Bonchev–Trinajstić information content (AvgIpc) is 3.35. The molecule has 0 radical (unpaired) electrons. The minimum atomic E-state index is -5.08. The van der Waals surface area contributed by atoms with Crippen LogP contribution < -0.4 is 0 Å². The van der Waals surface area contributed by atoms with Crippen LogP contribution in [0.15, 0.2) is 33.7 Å². The summed E-state index contributed by atoms with van der Waals surface area (Å²) >= 11 is 3.36. The van der Waals surface area contributed by atoms with Gasteiger partial charge in [-0.25, -0.2) is 4.79 Å². The Kier molecular flexibility index (Phi) is 6.11. The summed E-state index contributed by atoms with van der Waals surface area (Å²) in [6.07, 6.45) is -3.86. The van der Waals surface area contributed by atoms with Crippen molar-refractivity contribution in [1.29, 1.82) is 0 Å². The minimum Gasteiger partial charge on any atom is -0.475 e. The van der Waals surface area contributed by atoms with Crippen LogP contribution in [0.3, 0.4) is 0 Å². The number of hydrogen-bond acceptors (Lipinski definition) is 5. The van der Waals surface area contributed by atoms with Gasteiger partial charge in [-0.05, 0) is 46.8 Å². The van der Waals surface area contributed by atoms with Gasteiger partial charge in [-0.2, -0.15) is 35.8 Å².